The first-order chi connectivity index (χ1) is 9.61. The van der Waals surface area contributed by atoms with Crippen molar-refractivity contribution in [2.45, 2.75) is 0 Å². The molecule has 0 fully saturated rings. The molecule has 4 nitrogen and oxygen atoms in total. The Hall–Kier alpha value is -2.07. The van der Waals surface area contributed by atoms with E-state index in [0.717, 1.165) is 11.4 Å². The molecular formula is C15H16ClN3O. The Morgan fingerprint density at radius 3 is 2.50 bits per heavy atom. The summed E-state index contributed by atoms with van der Waals surface area (Å²) in [5.74, 6) is 0.529. The van der Waals surface area contributed by atoms with E-state index in [9.17, 15) is 0 Å². The van der Waals surface area contributed by atoms with Gasteiger partial charge in [0.15, 0.2) is 5.75 Å². The van der Waals surface area contributed by atoms with Crippen LogP contribution >= 0.6 is 11.6 Å². The number of para-hydroxylation sites is 1. The summed E-state index contributed by atoms with van der Waals surface area (Å²) in [6.07, 6.45) is 0. The normalized spacial score (nSPS) is 10.8. The molecule has 5 heteroatoms. The standard InChI is InChI=1S/C15H16ClN3O/c1-19(2)12-7-4-6-11(10-12)17-18-14-9-5-8-13(16)15(14)20-3/h4-10H,1-3H3. The lowest BCUT2D eigenvalue weighted by molar-refractivity contribution is 0.416. The van der Waals surface area contributed by atoms with Crippen LogP contribution in [0.1, 0.15) is 0 Å². The zero-order chi connectivity index (χ0) is 14.5. The van der Waals surface area contributed by atoms with Gasteiger partial charge >= 0.3 is 0 Å². The number of azo groups is 1. The first-order valence-electron chi connectivity index (χ1n) is 6.13. The van der Waals surface area contributed by atoms with Crippen molar-refractivity contribution in [1.29, 1.82) is 0 Å². The Morgan fingerprint density at radius 2 is 1.80 bits per heavy atom. The molecule has 0 radical (unpaired) electrons. The third-order valence-electron chi connectivity index (χ3n) is 2.77. The highest BCUT2D eigenvalue weighted by atomic mass is 35.5. The topological polar surface area (TPSA) is 37.2 Å². The summed E-state index contributed by atoms with van der Waals surface area (Å²) < 4.78 is 5.23. The number of hydrogen-bond donors (Lipinski definition) is 0. The number of rotatable bonds is 4. The first-order valence-corrected chi connectivity index (χ1v) is 6.51. The van der Waals surface area contributed by atoms with Crippen LogP contribution in [0.15, 0.2) is 52.7 Å². The van der Waals surface area contributed by atoms with Crippen LogP contribution in [0, 0.1) is 0 Å². The van der Waals surface area contributed by atoms with E-state index in [4.69, 9.17) is 16.3 Å². The Labute approximate surface area is 123 Å². The summed E-state index contributed by atoms with van der Waals surface area (Å²) in [6.45, 7) is 0. The van der Waals surface area contributed by atoms with Gasteiger partial charge < -0.3 is 9.64 Å². The maximum atomic E-state index is 6.04. The maximum absolute atomic E-state index is 6.04. The van der Waals surface area contributed by atoms with Crippen LogP contribution in [0.2, 0.25) is 5.02 Å². The fourth-order valence-electron chi connectivity index (χ4n) is 1.72. The lowest BCUT2D eigenvalue weighted by atomic mass is 10.3. The van der Waals surface area contributed by atoms with E-state index in [2.05, 4.69) is 10.2 Å². The molecule has 20 heavy (non-hydrogen) atoms. The molecular weight excluding hydrogens is 274 g/mol. The molecule has 0 amide bonds. The quantitative estimate of drug-likeness (QED) is 0.756. The number of halogens is 1. The molecule has 0 unspecified atom stereocenters. The van der Waals surface area contributed by atoms with Crippen molar-refractivity contribution < 1.29 is 4.74 Å². The molecule has 0 heterocycles. The lowest BCUT2D eigenvalue weighted by Crippen LogP contribution is -2.07. The smallest absolute Gasteiger partial charge is 0.164 e. The predicted molar refractivity (Wildman–Crippen MR) is 82.9 cm³/mol. The zero-order valence-corrected chi connectivity index (χ0v) is 12.4. The number of nitrogens with zero attached hydrogens (tertiary/aromatic N) is 3. The highest BCUT2D eigenvalue weighted by Crippen LogP contribution is 2.35. The average Bonchev–Trinajstić information content (AvgIpc) is 2.45. The predicted octanol–water partition coefficient (Wildman–Crippen LogP) is 4.83. The monoisotopic (exact) mass is 289 g/mol. The van der Waals surface area contributed by atoms with E-state index in [0.29, 0.717) is 16.5 Å². The van der Waals surface area contributed by atoms with Crippen LogP contribution in [-0.2, 0) is 0 Å². The van der Waals surface area contributed by atoms with Gasteiger partial charge in [-0.2, -0.15) is 5.11 Å². The molecule has 0 N–H and O–H groups in total. The van der Waals surface area contributed by atoms with Crippen molar-refractivity contribution in [3.8, 4) is 5.75 Å². The molecule has 0 spiro atoms. The van der Waals surface area contributed by atoms with E-state index in [-0.39, 0.29) is 0 Å². The zero-order valence-electron chi connectivity index (χ0n) is 11.7. The molecule has 2 aromatic carbocycles. The number of hydrogen-bond acceptors (Lipinski definition) is 4. The van der Waals surface area contributed by atoms with E-state index < -0.39 is 0 Å². The largest absolute Gasteiger partial charge is 0.493 e. The Morgan fingerprint density at radius 1 is 1.05 bits per heavy atom. The van der Waals surface area contributed by atoms with Gasteiger partial charge in [-0.1, -0.05) is 23.7 Å². The summed E-state index contributed by atoms with van der Waals surface area (Å²) in [5, 5.41) is 8.95. The molecule has 0 aromatic heterocycles. The van der Waals surface area contributed by atoms with Gasteiger partial charge in [-0.3, -0.25) is 0 Å². The van der Waals surface area contributed by atoms with E-state index in [1.54, 1.807) is 13.2 Å². The van der Waals surface area contributed by atoms with Gasteiger partial charge in [0.2, 0.25) is 0 Å². The van der Waals surface area contributed by atoms with Crippen LogP contribution < -0.4 is 9.64 Å². The Balaban J connectivity index is 2.30. The van der Waals surface area contributed by atoms with Crippen LogP contribution in [0.25, 0.3) is 0 Å². The fraction of sp³-hybridized carbons (Fsp3) is 0.200. The van der Waals surface area contributed by atoms with Gasteiger partial charge in [0.1, 0.15) is 5.69 Å². The number of anilines is 1. The van der Waals surface area contributed by atoms with Crippen LogP contribution in [-0.4, -0.2) is 21.2 Å². The molecule has 0 aliphatic heterocycles. The molecule has 104 valence electrons. The first kappa shape index (κ1) is 14.3. The number of methoxy groups -OCH3 is 1. The van der Waals surface area contributed by atoms with E-state index >= 15 is 0 Å². The van der Waals surface area contributed by atoms with Crippen molar-refractivity contribution in [3.05, 3.63) is 47.5 Å². The lowest BCUT2D eigenvalue weighted by Gasteiger charge is -2.11. The highest BCUT2D eigenvalue weighted by molar-refractivity contribution is 6.32. The van der Waals surface area contributed by atoms with Crippen molar-refractivity contribution in [2.24, 2.45) is 10.2 Å². The summed E-state index contributed by atoms with van der Waals surface area (Å²) in [4.78, 5) is 2.01. The minimum atomic E-state index is 0.519. The second-order valence-corrected chi connectivity index (χ2v) is 4.81. The van der Waals surface area contributed by atoms with Crippen molar-refractivity contribution >= 4 is 28.7 Å². The number of benzene rings is 2. The molecule has 0 atom stereocenters. The third-order valence-corrected chi connectivity index (χ3v) is 3.07. The highest BCUT2D eigenvalue weighted by Gasteiger charge is 2.06. The maximum Gasteiger partial charge on any atom is 0.164 e. The minimum absolute atomic E-state index is 0.519. The molecule has 0 saturated carbocycles. The molecule has 2 rings (SSSR count). The van der Waals surface area contributed by atoms with E-state index in [1.165, 1.54) is 0 Å². The summed E-state index contributed by atoms with van der Waals surface area (Å²) >= 11 is 6.04. The Bertz CT molecular complexity index is 626. The van der Waals surface area contributed by atoms with Crippen LogP contribution in [0.3, 0.4) is 0 Å². The second kappa shape index (κ2) is 6.39. The SMILES string of the molecule is COc1c(Cl)cccc1N=Nc1cccc(N(C)C)c1. The van der Waals surface area contributed by atoms with Crippen LogP contribution in [0.4, 0.5) is 17.1 Å². The molecule has 0 aliphatic carbocycles. The second-order valence-electron chi connectivity index (χ2n) is 4.41. The Kier molecular flexibility index (Phi) is 4.58. The summed E-state index contributed by atoms with van der Waals surface area (Å²) in [7, 11) is 5.53. The third kappa shape index (κ3) is 3.27. The minimum Gasteiger partial charge on any atom is -0.493 e. The molecule has 0 bridgehead atoms. The summed E-state index contributed by atoms with van der Waals surface area (Å²) in [6, 6.07) is 13.2. The van der Waals surface area contributed by atoms with Gasteiger partial charge in [0.25, 0.3) is 0 Å². The molecule has 2 aromatic rings. The van der Waals surface area contributed by atoms with Crippen molar-refractivity contribution in [3.63, 3.8) is 0 Å². The number of ether oxygens (including phenoxy) is 1. The molecule has 0 saturated heterocycles. The van der Waals surface area contributed by atoms with Gasteiger partial charge in [-0.05, 0) is 30.3 Å². The van der Waals surface area contributed by atoms with E-state index in [1.807, 2.05) is 55.4 Å². The molecule has 0 aliphatic rings. The van der Waals surface area contributed by atoms with Crippen molar-refractivity contribution in [1.82, 2.24) is 0 Å². The average molecular weight is 290 g/mol. The summed E-state index contributed by atoms with van der Waals surface area (Å²) in [5.41, 5.74) is 2.45. The van der Waals surface area contributed by atoms with Crippen molar-refractivity contribution in [2.75, 3.05) is 26.1 Å². The van der Waals surface area contributed by atoms with Gasteiger partial charge in [0.05, 0.1) is 17.8 Å². The fourth-order valence-corrected chi connectivity index (χ4v) is 1.97. The van der Waals surface area contributed by atoms with Gasteiger partial charge in [-0.15, -0.1) is 5.11 Å². The van der Waals surface area contributed by atoms with Gasteiger partial charge in [0, 0.05) is 19.8 Å². The van der Waals surface area contributed by atoms with Crippen LogP contribution in [0.5, 0.6) is 5.75 Å². The van der Waals surface area contributed by atoms with Gasteiger partial charge in [-0.25, -0.2) is 0 Å².